The Kier molecular flexibility index (Phi) is 3.34. The highest BCUT2D eigenvalue weighted by atomic mass is 35.5. The number of anilines is 2. The second-order valence-electron chi connectivity index (χ2n) is 4.02. The van der Waals surface area contributed by atoms with Gasteiger partial charge in [-0.3, -0.25) is 4.79 Å². The van der Waals surface area contributed by atoms with Crippen molar-refractivity contribution < 1.29 is 4.79 Å². The average molecular weight is 239 g/mol. The maximum atomic E-state index is 11.8. The first-order chi connectivity index (χ1) is 7.70. The summed E-state index contributed by atoms with van der Waals surface area (Å²) in [5.41, 5.74) is 1.72. The third-order valence-corrected chi connectivity index (χ3v) is 2.97. The molecule has 0 radical (unpaired) electrons. The van der Waals surface area contributed by atoms with Crippen molar-refractivity contribution in [3.63, 3.8) is 0 Å². The molecule has 0 aromatic heterocycles. The summed E-state index contributed by atoms with van der Waals surface area (Å²) in [6.45, 7) is 2.12. The Morgan fingerprint density at radius 3 is 2.94 bits per heavy atom. The summed E-state index contributed by atoms with van der Waals surface area (Å²) >= 11 is 5.87. The number of hydrogen-bond donors (Lipinski definition) is 2. The molecular weight excluding hydrogens is 224 g/mol. The van der Waals surface area contributed by atoms with Gasteiger partial charge in [-0.2, -0.15) is 0 Å². The van der Waals surface area contributed by atoms with Crippen LogP contribution < -0.4 is 10.6 Å². The van der Waals surface area contributed by atoms with Crippen LogP contribution in [0.25, 0.3) is 0 Å². The predicted molar refractivity (Wildman–Crippen MR) is 67.0 cm³/mol. The van der Waals surface area contributed by atoms with E-state index in [4.69, 9.17) is 11.6 Å². The molecule has 4 heteroatoms. The van der Waals surface area contributed by atoms with E-state index in [9.17, 15) is 4.79 Å². The largest absolute Gasteiger partial charge is 0.372 e. The van der Waals surface area contributed by atoms with Crippen LogP contribution in [-0.2, 0) is 4.79 Å². The van der Waals surface area contributed by atoms with Crippen molar-refractivity contribution in [2.24, 2.45) is 0 Å². The highest BCUT2D eigenvalue weighted by Gasteiger charge is 2.24. The lowest BCUT2D eigenvalue weighted by Crippen LogP contribution is -2.38. The van der Waals surface area contributed by atoms with E-state index in [1.165, 1.54) is 0 Å². The SMILES string of the molecule is CCCCC1Nc2ccc(Cl)cc2NC1=O. The maximum absolute atomic E-state index is 11.8. The maximum Gasteiger partial charge on any atom is 0.246 e. The van der Waals surface area contributed by atoms with Gasteiger partial charge in [0.05, 0.1) is 11.4 Å². The summed E-state index contributed by atoms with van der Waals surface area (Å²) in [6, 6.07) is 5.36. The number of carbonyl (C=O) groups excluding carboxylic acids is 1. The van der Waals surface area contributed by atoms with Gasteiger partial charge in [-0.25, -0.2) is 0 Å². The van der Waals surface area contributed by atoms with E-state index in [1.807, 2.05) is 12.1 Å². The van der Waals surface area contributed by atoms with E-state index in [0.717, 1.165) is 30.6 Å². The van der Waals surface area contributed by atoms with Gasteiger partial charge in [0.25, 0.3) is 0 Å². The van der Waals surface area contributed by atoms with E-state index >= 15 is 0 Å². The Bertz CT molecular complexity index is 406. The van der Waals surface area contributed by atoms with Gasteiger partial charge >= 0.3 is 0 Å². The summed E-state index contributed by atoms with van der Waals surface area (Å²) < 4.78 is 0. The minimum Gasteiger partial charge on any atom is -0.372 e. The molecule has 1 aromatic rings. The number of rotatable bonds is 3. The van der Waals surface area contributed by atoms with Crippen LogP contribution in [-0.4, -0.2) is 11.9 Å². The molecule has 1 heterocycles. The van der Waals surface area contributed by atoms with Crippen LogP contribution in [0, 0.1) is 0 Å². The van der Waals surface area contributed by atoms with Gasteiger partial charge in [0.15, 0.2) is 0 Å². The van der Waals surface area contributed by atoms with Crippen molar-refractivity contribution in [3.8, 4) is 0 Å². The zero-order valence-corrected chi connectivity index (χ0v) is 9.97. The van der Waals surface area contributed by atoms with Crippen molar-refractivity contribution in [2.45, 2.75) is 32.2 Å². The number of carbonyl (C=O) groups is 1. The first kappa shape index (κ1) is 11.3. The van der Waals surface area contributed by atoms with Crippen LogP contribution in [0.3, 0.4) is 0 Å². The molecule has 0 fully saturated rings. The summed E-state index contributed by atoms with van der Waals surface area (Å²) in [6.07, 6.45) is 3.01. The second kappa shape index (κ2) is 4.74. The molecule has 1 aliphatic heterocycles. The van der Waals surface area contributed by atoms with Crippen molar-refractivity contribution in [3.05, 3.63) is 23.2 Å². The van der Waals surface area contributed by atoms with Crippen molar-refractivity contribution in [1.82, 2.24) is 0 Å². The molecule has 16 heavy (non-hydrogen) atoms. The number of hydrogen-bond acceptors (Lipinski definition) is 2. The summed E-state index contributed by atoms with van der Waals surface area (Å²) in [4.78, 5) is 11.8. The minimum atomic E-state index is -0.117. The standard InChI is InChI=1S/C12H15ClN2O/c1-2-3-4-10-12(16)15-11-7-8(13)5-6-9(11)14-10/h5-7,10,14H,2-4H2,1H3,(H,15,16). The van der Waals surface area contributed by atoms with Crippen LogP contribution in [0.1, 0.15) is 26.2 Å². The van der Waals surface area contributed by atoms with Crippen LogP contribution >= 0.6 is 11.6 Å². The van der Waals surface area contributed by atoms with Crippen LogP contribution in [0.4, 0.5) is 11.4 Å². The Labute approximate surface area is 100 Å². The zero-order valence-electron chi connectivity index (χ0n) is 9.22. The number of amides is 1. The lowest BCUT2D eigenvalue weighted by atomic mass is 10.1. The summed E-state index contributed by atoms with van der Waals surface area (Å²) in [7, 11) is 0. The molecule has 1 atom stereocenters. The molecular formula is C12H15ClN2O. The number of nitrogens with one attached hydrogen (secondary N) is 2. The van der Waals surface area contributed by atoms with Gasteiger partial charge in [-0.15, -0.1) is 0 Å². The van der Waals surface area contributed by atoms with Gasteiger partial charge < -0.3 is 10.6 Å². The molecule has 1 aliphatic rings. The number of fused-ring (bicyclic) bond motifs is 1. The third-order valence-electron chi connectivity index (χ3n) is 2.73. The fourth-order valence-corrected chi connectivity index (χ4v) is 2.00. The predicted octanol–water partition coefficient (Wildman–Crippen LogP) is 3.26. The quantitative estimate of drug-likeness (QED) is 0.849. The number of benzene rings is 1. The Morgan fingerprint density at radius 1 is 1.38 bits per heavy atom. The number of halogens is 1. The molecule has 0 saturated carbocycles. The topological polar surface area (TPSA) is 41.1 Å². The van der Waals surface area contributed by atoms with Crippen molar-refractivity contribution in [1.29, 1.82) is 0 Å². The molecule has 0 saturated heterocycles. The first-order valence-electron chi connectivity index (χ1n) is 5.57. The zero-order chi connectivity index (χ0) is 11.5. The summed E-state index contributed by atoms with van der Waals surface area (Å²) in [5.74, 6) is 0.0308. The Balaban J connectivity index is 2.15. The fourth-order valence-electron chi connectivity index (χ4n) is 1.83. The van der Waals surface area contributed by atoms with Gasteiger partial charge in [0, 0.05) is 5.02 Å². The monoisotopic (exact) mass is 238 g/mol. The average Bonchev–Trinajstić information content (AvgIpc) is 2.26. The van der Waals surface area contributed by atoms with E-state index in [2.05, 4.69) is 17.6 Å². The summed E-state index contributed by atoms with van der Waals surface area (Å²) in [5, 5.41) is 6.74. The van der Waals surface area contributed by atoms with E-state index in [0.29, 0.717) is 5.02 Å². The molecule has 0 bridgehead atoms. The van der Waals surface area contributed by atoms with Gasteiger partial charge in [-0.05, 0) is 24.6 Å². The van der Waals surface area contributed by atoms with Crippen molar-refractivity contribution >= 4 is 28.9 Å². The van der Waals surface area contributed by atoms with E-state index < -0.39 is 0 Å². The molecule has 3 nitrogen and oxygen atoms in total. The molecule has 86 valence electrons. The molecule has 1 amide bonds. The molecule has 2 N–H and O–H groups in total. The minimum absolute atomic E-state index is 0.0308. The van der Waals surface area contributed by atoms with Gasteiger partial charge in [-0.1, -0.05) is 31.4 Å². The highest BCUT2D eigenvalue weighted by Crippen LogP contribution is 2.30. The number of unbranched alkanes of at least 4 members (excludes halogenated alkanes) is 1. The fraction of sp³-hybridized carbons (Fsp3) is 0.417. The lowest BCUT2D eigenvalue weighted by molar-refractivity contribution is -0.117. The van der Waals surface area contributed by atoms with Crippen LogP contribution in [0.15, 0.2) is 18.2 Å². The van der Waals surface area contributed by atoms with E-state index in [1.54, 1.807) is 6.07 Å². The first-order valence-corrected chi connectivity index (χ1v) is 5.95. The smallest absolute Gasteiger partial charge is 0.246 e. The van der Waals surface area contributed by atoms with E-state index in [-0.39, 0.29) is 11.9 Å². The molecule has 1 unspecified atom stereocenters. The van der Waals surface area contributed by atoms with Crippen LogP contribution in [0.5, 0.6) is 0 Å². The van der Waals surface area contributed by atoms with Gasteiger partial charge in [0.1, 0.15) is 6.04 Å². The highest BCUT2D eigenvalue weighted by molar-refractivity contribution is 6.31. The molecule has 1 aromatic carbocycles. The molecule has 2 rings (SSSR count). The Hall–Kier alpha value is -1.22. The molecule has 0 spiro atoms. The normalized spacial score (nSPS) is 18.6. The van der Waals surface area contributed by atoms with Crippen LogP contribution in [0.2, 0.25) is 5.02 Å². The third kappa shape index (κ3) is 2.30. The van der Waals surface area contributed by atoms with Gasteiger partial charge in [0.2, 0.25) is 5.91 Å². The second-order valence-corrected chi connectivity index (χ2v) is 4.45. The molecule has 0 aliphatic carbocycles. The van der Waals surface area contributed by atoms with Crippen molar-refractivity contribution in [2.75, 3.05) is 10.6 Å². The Morgan fingerprint density at radius 2 is 2.19 bits per heavy atom. The lowest BCUT2D eigenvalue weighted by Gasteiger charge is -2.26.